The molecule has 4 rings (SSSR count). The van der Waals surface area contributed by atoms with Gasteiger partial charge < -0.3 is 9.67 Å². The summed E-state index contributed by atoms with van der Waals surface area (Å²) < 4.78 is 15.9. The number of hydrogen-bond donors (Lipinski definition) is 1. The zero-order valence-corrected chi connectivity index (χ0v) is 13.9. The van der Waals surface area contributed by atoms with Crippen LogP contribution in [0.5, 0.6) is 0 Å². The van der Waals surface area contributed by atoms with Crippen LogP contribution < -0.4 is 0 Å². The lowest BCUT2D eigenvalue weighted by Gasteiger charge is -2.42. The number of halogens is 1. The average Bonchev–Trinajstić information content (AvgIpc) is 3.10. The predicted molar refractivity (Wildman–Crippen MR) is 88.6 cm³/mol. The molecule has 0 amide bonds. The van der Waals surface area contributed by atoms with Crippen molar-refractivity contribution in [3.63, 3.8) is 0 Å². The molecule has 2 heterocycles. The van der Waals surface area contributed by atoms with E-state index < -0.39 is 12.3 Å². The van der Waals surface area contributed by atoms with Gasteiger partial charge in [-0.2, -0.15) is 0 Å². The number of aliphatic hydroxyl groups excluding tert-OH is 1. The normalized spacial score (nSPS) is 38.3. The highest BCUT2D eigenvalue weighted by Crippen LogP contribution is 2.58. The van der Waals surface area contributed by atoms with E-state index in [1.54, 1.807) is 6.33 Å². The third-order valence-electron chi connectivity index (χ3n) is 6.47. The number of hydrogen-bond acceptors (Lipinski definition) is 2. The summed E-state index contributed by atoms with van der Waals surface area (Å²) in [6.45, 7) is 2.12. The van der Waals surface area contributed by atoms with E-state index in [1.165, 1.54) is 32.1 Å². The van der Waals surface area contributed by atoms with Gasteiger partial charge >= 0.3 is 0 Å². The molecular formula is C19H27FN2O. The maximum Gasteiger partial charge on any atom is 0.104 e. The molecule has 1 aromatic heterocycles. The second-order valence-corrected chi connectivity index (χ2v) is 8.05. The highest BCUT2D eigenvalue weighted by atomic mass is 19.1. The summed E-state index contributed by atoms with van der Waals surface area (Å²) in [5.74, 6) is 0.599. The number of fused-ring (bicyclic) bond motifs is 1. The van der Waals surface area contributed by atoms with Crippen molar-refractivity contribution in [3.05, 3.63) is 24.3 Å². The third-order valence-corrected chi connectivity index (χ3v) is 6.47. The number of rotatable bonds is 4. The molecule has 0 radical (unpaired) electrons. The minimum Gasteiger partial charge on any atom is -0.392 e. The van der Waals surface area contributed by atoms with Crippen LogP contribution in [0.1, 0.15) is 63.5 Å². The molecule has 1 aromatic rings. The van der Waals surface area contributed by atoms with E-state index in [2.05, 4.69) is 18.0 Å². The Morgan fingerprint density at radius 2 is 2.13 bits per heavy atom. The molecule has 23 heavy (non-hydrogen) atoms. The Labute approximate surface area is 137 Å². The van der Waals surface area contributed by atoms with Gasteiger partial charge in [0.2, 0.25) is 0 Å². The largest absolute Gasteiger partial charge is 0.392 e. The molecule has 4 heteroatoms. The van der Waals surface area contributed by atoms with Crippen molar-refractivity contribution in [2.75, 3.05) is 0 Å². The molecule has 2 aliphatic carbocycles. The second kappa shape index (κ2) is 5.73. The summed E-state index contributed by atoms with van der Waals surface area (Å²) in [5.41, 5.74) is 0.737. The summed E-state index contributed by atoms with van der Waals surface area (Å²) in [4.78, 5) is 4.25. The first-order valence-corrected chi connectivity index (χ1v) is 9.13. The monoisotopic (exact) mass is 318 g/mol. The highest BCUT2D eigenvalue weighted by molar-refractivity contribution is 5.40. The molecule has 1 N–H and O–H groups in total. The third kappa shape index (κ3) is 2.65. The van der Waals surface area contributed by atoms with Crippen LogP contribution in [0.15, 0.2) is 18.6 Å². The van der Waals surface area contributed by atoms with Gasteiger partial charge in [-0.3, -0.25) is 0 Å². The predicted octanol–water partition coefficient (Wildman–Crippen LogP) is 4.15. The standard InChI is InChI=1S/C19H27FN2O/c1-19(14-10-15(14)20)7-8-22-12-21-11-16(22)18(19)17(23)9-13-5-3-2-4-6-13/h7-8,11-15,17-18,23H,2-6,9-10H2,1H3/t14-,15+,17?,18?,19?/m0/s1. The Balaban J connectivity index is 1.60. The van der Waals surface area contributed by atoms with E-state index in [4.69, 9.17) is 0 Å². The molecule has 126 valence electrons. The summed E-state index contributed by atoms with van der Waals surface area (Å²) in [5, 5.41) is 11.1. The Morgan fingerprint density at radius 3 is 2.83 bits per heavy atom. The Hall–Kier alpha value is -1.16. The molecule has 0 spiro atoms. The van der Waals surface area contributed by atoms with Gasteiger partial charge in [0, 0.05) is 35.3 Å². The van der Waals surface area contributed by atoms with Gasteiger partial charge in [0.15, 0.2) is 0 Å². The van der Waals surface area contributed by atoms with E-state index >= 15 is 0 Å². The van der Waals surface area contributed by atoms with E-state index in [9.17, 15) is 9.50 Å². The number of aromatic nitrogens is 2. The van der Waals surface area contributed by atoms with Gasteiger partial charge in [0.1, 0.15) is 6.17 Å². The fourth-order valence-electron chi connectivity index (χ4n) is 5.02. The molecule has 3 aliphatic rings. The zero-order chi connectivity index (χ0) is 16.0. The summed E-state index contributed by atoms with van der Waals surface area (Å²) in [6, 6.07) is 0. The van der Waals surface area contributed by atoms with Crippen LogP contribution in [0.2, 0.25) is 0 Å². The van der Waals surface area contributed by atoms with Crippen LogP contribution in [-0.4, -0.2) is 26.9 Å². The average molecular weight is 318 g/mol. The van der Waals surface area contributed by atoms with Gasteiger partial charge in [-0.25, -0.2) is 9.37 Å². The van der Waals surface area contributed by atoms with Gasteiger partial charge in [-0.15, -0.1) is 0 Å². The first-order chi connectivity index (χ1) is 11.1. The van der Waals surface area contributed by atoms with Crippen LogP contribution in [0.3, 0.4) is 0 Å². The second-order valence-electron chi connectivity index (χ2n) is 8.05. The fraction of sp³-hybridized carbons (Fsp3) is 0.737. The van der Waals surface area contributed by atoms with Gasteiger partial charge in [-0.05, 0) is 18.8 Å². The van der Waals surface area contributed by atoms with Gasteiger partial charge in [-0.1, -0.05) is 45.1 Å². The van der Waals surface area contributed by atoms with E-state index in [0.717, 1.165) is 12.1 Å². The maximum absolute atomic E-state index is 13.9. The first-order valence-electron chi connectivity index (χ1n) is 9.13. The van der Waals surface area contributed by atoms with Gasteiger partial charge in [0.25, 0.3) is 0 Å². The molecule has 1 aliphatic heterocycles. The van der Waals surface area contributed by atoms with Crippen LogP contribution in [0.25, 0.3) is 6.20 Å². The first kappa shape index (κ1) is 15.4. The van der Waals surface area contributed by atoms with Gasteiger partial charge in [0.05, 0.1) is 12.4 Å². The summed E-state index contributed by atoms with van der Waals surface area (Å²) >= 11 is 0. The number of nitrogens with zero attached hydrogens (tertiary/aromatic N) is 2. The number of alkyl halides is 1. The highest BCUT2D eigenvalue weighted by Gasteiger charge is 2.56. The van der Waals surface area contributed by atoms with Crippen molar-refractivity contribution in [2.45, 2.75) is 70.1 Å². The molecule has 0 bridgehead atoms. The molecule has 3 unspecified atom stereocenters. The molecule has 2 fully saturated rings. The molecule has 3 nitrogen and oxygen atoms in total. The number of allylic oxidation sites excluding steroid dienone is 1. The van der Waals surface area contributed by atoms with Crippen molar-refractivity contribution in [3.8, 4) is 0 Å². The zero-order valence-electron chi connectivity index (χ0n) is 13.9. The fourth-order valence-corrected chi connectivity index (χ4v) is 5.02. The Bertz CT molecular complexity index is 592. The lowest BCUT2D eigenvalue weighted by Crippen LogP contribution is -2.39. The van der Waals surface area contributed by atoms with Crippen molar-refractivity contribution < 1.29 is 9.50 Å². The SMILES string of the molecule is CC1([C@H]2C[C@H]2F)C=Cn2cncc2C1C(O)CC1CCCCC1. The number of aliphatic hydroxyl groups is 1. The van der Waals surface area contributed by atoms with Crippen molar-refractivity contribution >= 4 is 6.20 Å². The van der Waals surface area contributed by atoms with Crippen LogP contribution in [-0.2, 0) is 0 Å². The van der Waals surface area contributed by atoms with Crippen LogP contribution in [0, 0.1) is 17.3 Å². The van der Waals surface area contributed by atoms with Crippen LogP contribution >= 0.6 is 0 Å². The van der Waals surface area contributed by atoms with Crippen molar-refractivity contribution in [2.24, 2.45) is 17.3 Å². The Kier molecular flexibility index (Phi) is 3.83. The lowest BCUT2D eigenvalue weighted by atomic mass is 9.66. The van der Waals surface area contributed by atoms with E-state index in [1.807, 2.05) is 17.0 Å². The maximum atomic E-state index is 13.9. The Morgan fingerprint density at radius 1 is 1.39 bits per heavy atom. The molecule has 5 atom stereocenters. The molecular weight excluding hydrogens is 291 g/mol. The van der Waals surface area contributed by atoms with E-state index in [0.29, 0.717) is 12.3 Å². The van der Waals surface area contributed by atoms with Crippen molar-refractivity contribution in [1.29, 1.82) is 0 Å². The number of imidazole rings is 1. The molecule has 0 saturated heterocycles. The molecule has 0 aromatic carbocycles. The topological polar surface area (TPSA) is 38.0 Å². The van der Waals surface area contributed by atoms with E-state index in [-0.39, 0.29) is 17.3 Å². The van der Waals surface area contributed by atoms with Crippen molar-refractivity contribution in [1.82, 2.24) is 9.55 Å². The minimum atomic E-state index is -0.719. The summed E-state index contributed by atoms with van der Waals surface area (Å²) in [7, 11) is 0. The minimum absolute atomic E-state index is 0.0356. The quantitative estimate of drug-likeness (QED) is 0.906. The smallest absolute Gasteiger partial charge is 0.104 e. The lowest BCUT2D eigenvalue weighted by molar-refractivity contribution is 0.0503. The molecule has 2 saturated carbocycles. The van der Waals surface area contributed by atoms with Crippen LogP contribution in [0.4, 0.5) is 4.39 Å². The summed E-state index contributed by atoms with van der Waals surface area (Å²) in [6.07, 6.45) is 14.4.